The third kappa shape index (κ3) is 6.17. The van der Waals surface area contributed by atoms with Gasteiger partial charge in [0.25, 0.3) is 0 Å². The summed E-state index contributed by atoms with van der Waals surface area (Å²) in [5, 5.41) is 13.6. The predicted molar refractivity (Wildman–Crippen MR) is 160 cm³/mol. The normalized spacial score (nSPS) is 13.7. The first-order chi connectivity index (χ1) is 21.4. The molecule has 4 aromatic carbocycles. The number of nitrogens with zero attached hydrogens (tertiary/aromatic N) is 4. The summed E-state index contributed by atoms with van der Waals surface area (Å²) < 4.78 is 90.8. The summed E-state index contributed by atoms with van der Waals surface area (Å²) in [5.41, 5.74) is -3.12. The van der Waals surface area contributed by atoms with E-state index in [-0.39, 0.29) is 16.7 Å². The minimum atomic E-state index is -4.51. The molecule has 0 saturated heterocycles. The van der Waals surface area contributed by atoms with Crippen LogP contribution in [0.25, 0.3) is 21.9 Å². The van der Waals surface area contributed by atoms with Gasteiger partial charge in [-0.3, -0.25) is 10.0 Å². The monoisotopic (exact) mass is 642 g/mol. The van der Waals surface area contributed by atoms with Crippen LogP contribution in [0.15, 0.2) is 111 Å². The van der Waals surface area contributed by atoms with Gasteiger partial charge >= 0.3 is 11.7 Å². The van der Waals surface area contributed by atoms with Crippen molar-refractivity contribution < 1.29 is 35.4 Å². The number of halogens is 6. The van der Waals surface area contributed by atoms with Gasteiger partial charge < -0.3 is 9.05 Å². The van der Waals surface area contributed by atoms with Crippen LogP contribution in [-0.2, 0) is 6.18 Å². The average Bonchev–Trinajstić information content (AvgIpc) is 3.63. The molecule has 232 valence electrons. The van der Waals surface area contributed by atoms with E-state index in [9.17, 15) is 26.3 Å². The maximum absolute atomic E-state index is 13.4. The standard InChI is InChI=1S/C32H24F6N4O2S/c1-19(21-11-15-23(16-12-21)31(33,34)35)41(29-25-7-3-5-9-27(25)43-39-29)42(30-26-8-4-6-10-28(26)44-40-30)20(2)22-13-17-24(18-14-22)45-32(36,37)38/h3-20H,1-2H3. The van der Waals surface area contributed by atoms with E-state index in [4.69, 9.17) is 9.05 Å². The first kappa shape index (κ1) is 30.4. The number of hydrazine groups is 1. The molecule has 0 aliphatic carbocycles. The molecule has 6 rings (SSSR count). The molecule has 13 heteroatoms. The molecule has 0 aliphatic heterocycles. The Morgan fingerprint density at radius 3 is 1.44 bits per heavy atom. The van der Waals surface area contributed by atoms with Gasteiger partial charge in [0, 0.05) is 4.90 Å². The molecule has 6 aromatic rings. The lowest BCUT2D eigenvalue weighted by atomic mass is 10.0. The van der Waals surface area contributed by atoms with E-state index < -0.39 is 29.3 Å². The number of hydrogen-bond donors (Lipinski definition) is 0. The van der Waals surface area contributed by atoms with Crippen LogP contribution in [0.5, 0.6) is 0 Å². The Hall–Kier alpha value is -4.65. The third-order valence-corrected chi connectivity index (χ3v) is 8.17. The van der Waals surface area contributed by atoms with Crippen LogP contribution in [0, 0.1) is 0 Å². The number of hydrogen-bond acceptors (Lipinski definition) is 7. The van der Waals surface area contributed by atoms with Crippen LogP contribution in [0.1, 0.15) is 42.6 Å². The van der Waals surface area contributed by atoms with Crippen molar-refractivity contribution in [2.45, 2.75) is 42.5 Å². The molecule has 2 aromatic heterocycles. The highest BCUT2D eigenvalue weighted by Crippen LogP contribution is 2.43. The van der Waals surface area contributed by atoms with Gasteiger partial charge in [0.2, 0.25) is 0 Å². The van der Waals surface area contributed by atoms with Crippen molar-refractivity contribution in [1.29, 1.82) is 0 Å². The minimum Gasteiger partial charge on any atom is -0.354 e. The highest BCUT2D eigenvalue weighted by molar-refractivity contribution is 8.00. The molecule has 0 saturated carbocycles. The third-order valence-electron chi connectivity index (χ3n) is 7.43. The Labute approximate surface area is 257 Å². The molecular weight excluding hydrogens is 618 g/mol. The molecule has 0 bridgehead atoms. The van der Waals surface area contributed by atoms with Crippen LogP contribution in [-0.4, -0.2) is 15.8 Å². The fourth-order valence-corrected chi connectivity index (χ4v) is 5.74. The summed E-state index contributed by atoms with van der Waals surface area (Å²) in [7, 11) is 0. The highest BCUT2D eigenvalue weighted by atomic mass is 32.2. The highest BCUT2D eigenvalue weighted by Gasteiger charge is 2.36. The van der Waals surface area contributed by atoms with Crippen molar-refractivity contribution in [3.8, 4) is 0 Å². The lowest BCUT2D eigenvalue weighted by molar-refractivity contribution is -0.137. The van der Waals surface area contributed by atoms with Gasteiger partial charge in [0.1, 0.15) is 0 Å². The SMILES string of the molecule is CC(c1ccc(SC(F)(F)F)cc1)N(c1noc2ccccc12)N(c1noc2ccccc12)C(C)c1ccc(C(F)(F)F)cc1. The number of rotatable bonds is 8. The van der Waals surface area contributed by atoms with Crippen LogP contribution in [0.2, 0.25) is 0 Å². The van der Waals surface area contributed by atoms with Crippen molar-refractivity contribution >= 4 is 45.3 Å². The maximum Gasteiger partial charge on any atom is 0.446 e. The van der Waals surface area contributed by atoms with E-state index in [0.717, 1.165) is 12.1 Å². The van der Waals surface area contributed by atoms with E-state index in [2.05, 4.69) is 10.3 Å². The predicted octanol–water partition coefficient (Wildman–Crippen LogP) is 10.4. The van der Waals surface area contributed by atoms with E-state index >= 15 is 0 Å². The number of fused-ring (bicyclic) bond motifs is 2. The minimum absolute atomic E-state index is 0.0226. The van der Waals surface area contributed by atoms with Crippen molar-refractivity contribution in [3.05, 3.63) is 114 Å². The van der Waals surface area contributed by atoms with Crippen molar-refractivity contribution in [2.24, 2.45) is 0 Å². The van der Waals surface area contributed by atoms with Gasteiger partial charge in [-0.05, 0) is 85.3 Å². The molecule has 0 amide bonds. The Morgan fingerprint density at radius 2 is 1.02 bits per heavy atom. The molecule has 45 heavy (non-hydrogen) atoms. The number of alkyl halides is 6. The number of para-hydroxylation sites is 2. The summed E-state index contributed by atoms with van der Waals surface area (Å²) in [6, 6.07) is 23.8. The van der Waals surface area contributed by atoms with Crippen LogP contribution in [0.3, 0.4) is 0 Å². The zero-order valence-electron chi connectivity index (χ0n) is 23.7. The van der Waals surface area contributed by atoms with E-state index in [1.165, 1.54) is 24.3 Å². The molecule has 2 atom stereocenters. The van der Waals surface area contributed by atoms with E-state index in [1.807, 2.05) is 19.1 Å². The van der Waals surface area contributed by atoms with Gasteiger partial charge in [-0.15, -0.1) is 0 Å². The summed E-state index contributed by atoms with van der Waals surface area (Å²) >= 11 is -0.214. The van der Waals surface area contributed by atoms with E-state index in [1.54, 1.807) is 65.5 Å². The Kier molecular flexibility index (Phi) is 7.89. The second-order valence-corrected chi connectivity index (χ2v) is 11.4. The lowest BCUT2D eigenvalue weighted by Crippen LogP contribution is -2.47. The topological polar surface area (TPSA) is 58.5 Å². The van der Waals surface area contributed by atoms with Gasteiger partial charge in [0.05, 0.1) is 28.4 Å². The second kappa shape index (κ2) is 11.7. The summed E-state index contributed by atoms with van der Waals surface area (Å²) in [6.45, 7) is 3.64. The van der Waals surface area contributed by atoms with Crippen LogP contribution < -0.4 is 10.0 Å². The lowest BCUT2D eigenvalue weighted by Gasteiger charge is -2.43. The first-order valence-electron chi connectivity index (χ1n) is 13.7. The molecule has 2 heterocycles. The van der Waals surface area contributed by atoms with E-state index in [0.29, 0.717) is 44.7 Å². The summed E-state index contributed by atoms with van der Waals surface area (Å²) in [4.78, 5) is 0.0226. The van der Waals surface area contributed by atoms with Crippen molar-refractivity contribution in [1.82, 2.24) is 10.3 Å². The van der Waals surface area contributed by atoms with Crippen LogP contribution in [0.4, 0.5) is 38.0 Å². The average molecular weight is 643 g/mol. The second-order valence-electron chi connectivity index (χ2n) is 10.3. The van der Waals surface area contributed by atoms with Gasteiger partial charge in [0.15, 0.2) is 22.8 Å². The van der Waals surface area contributed by atoms with Gasteiger partial charge in [-0.25, -0.2) is 0 Å². The fourth-order valence-electron chi connectivity index (χ4n) is 5.20. The largest absolute Gasteiger partial charge is 0.446 e. The van der Waals surface area contributed by atoms with Crippen molar-refractivity contribution in [2.75, 3.05) is 10.0 Å². The molecule has 2 unspecified atom stereocenters. The quantitative estimate of drug-likeness (QED) is 0.0930. The zero-order valence-corrected chi connectivity index (χ0v) is 24.5. The maximum atomic E-state index is 13.4. The smallest absolute Gasteiger partial charge is 0.354 e. The van der Waals surface area contributed by atoms with Crippen LogP contribution >= 0.6 is 11.8 Å². The fraction of sp³-hybridized carbons (Fsp3) is 0.188. The molecule has 6 nitrogen and oxygen atoms in total. The Balaban J connectivity index is 1.54. The molecule has 0 aliphatic rings. The molecule has 0 radical (unpaired) electrons. The molecule has 0 fully saturated rings. The van der Waals surface area contributed by atoms with Gasteiger partial charge in [-0.2, -0.15) is 26.3 Å². The zero-order chi connectivity index (χ0) is 31.9. The van der Waals surface area contributed by atoms with Gasteiger partial charge in [-0.1, -0.05) is 58.8 Å². The number of aromatic nitrogens is 2. The summed E-state index contributed by atoms with van der Waals surface area (Å²) in [5.74, 6) is 0.707. The Bertz CT molecular complexity index is 1920. The number of thioether (sulfide) groups is 1. The summed E-state index contributed by atoms with van der Waals surface area (Å²) in [6.07, 6.45) is -4.51. The Morgan fingerprint density at radius 1 is 0.600 bits per heavy atom. The van der Waals surface area contributed by atoms with Crippen molar-refractivity contribution in [3.63, 3.8) is 0 Å². The number of anilines is 2. The molecular formula is C32H24F6N4O2S. The first-order valence-corrected chi connectivity index (χ1v) is 14.5. The molecule has 0 N–H and O–H groups in total. The number of benzene rings is 4. The molecule has 0 spiro atoms.